The number of likely N-dealkylation sites (tertiary alicyclic amines) is 1. The summed E-state index contributed by atoms with van der Waals surface area (Å²) in [5.41, 5.74) is 5.10. The minimum atomic E-state index is -0.928. The Morgan fingerprint density at radius 2 is 2.50 bits per heavy atom. The fourth-order valence-corrected chi connectivity index (χ4v) is 1.51. The number of amides is 1. The third-order valence-corrected chi connectivity index (χ3v) is 2.04. The molecule has 4 heteroatoms. The molecule has 1 saturated heterocycles. The van der Waals surface area contributed by atoms with E-state index in [0.29, 0.717) is 13.1 Å². The molecule has 1 heterocycles. The van der Waals surface area contributed by atoms with Gasteiger partial charge in [0.2, 0.25) is 5.91 Å². The van der Waals surface area contributed by atoms with Gasteiger partial charge >= 0.3 is 0 Å². The van der Waals surface area contributed by atoms with Crippen molar-refractivity contribution < 1.29 is 9.18 Å². The lowest BCUT2D eigenvalue weighted by Gasteiger charge is -2.18. The SMILES string of the molecule is C=CCN1C[C@H](F)C[C@H]1C(N)=O. The Kier molecular flexibility index (Phi) is 2.81. The van der Waals surface area contributed by atoms with E-state index in [1.165, 1.54) is 0 Å². The molecular formula is C8H13FN2O. The molecule has 0 bridgehead atoms. The van der Waals surface area contributed by atoms with Crippen LogP contribution in [0.25, 0.3) is 0 Å². The zero-order chi connectivity index (χ0) is 9.14. The molecule has 1 fully saturated rings. The average Bonchev–Trinajstić information content (AvgIpc) is 2.32. The van der Waals surface area contributed by atoms with E-state index in [9.17, 15) is 9.18 Å². The molecule has 0 aromatic carbocycles. The van der Waals surface area contributed by atoms with E-state index >= 15 is 0 Å². The van der Waals surface area contributed by atoms with Crippen LogP contribution < -0.4 is 5.73 Å². The maximum absolute atomic E-state index is 12.8. The molecule has 0 aromatic heterocycles. The number of hydrogen-bond acceptors (Lipinski definition) is 2. The lowest BCUT2D eigenvalue weighted by Crippen LogP contribution is -2.40. The van der Waals surface area contributed by atoms with Crippen LogP contribution in [0.5, 0.6) is 0 Å². The highest BCUT2D eigenvalue weighted by Gasteiger charge is 2.34. The van der Waals surface area contributed by atoms with Gasteiger partial charge < -0.3 is 5.73 Å². The molecule has 1 aliphatic rings. The third-order valence-electron chi connectivity index (χ3n) is 2.04. The number of nitrogens with zero attached hydrogens (tertiary/aromatic N) is 1. The summed E-state index contributed by atoms with van der Waals surface area (Å²) >= 11 is 0. The van der Waals surface area contributed by atoms with Gasteiger partial charge in [-0.15, -0.1) is 6.58 Å². The van der Waals surface area contributed by atoms with Crippen molar-refractivity contribution in [1.29, 1.82) is 0 Å². The normalized spacial score (nSPS) is 30.4. The van der Waals surface area contributed by atoms with E-state index < -0.39 is 18.1 Å². The van der Waals surface area contributed by atoms with Crippen molar-refractivity contribution in [3.05, 3.63) is 12.7 Å². The molecule has 0 aliphatic carbocycles. The average molecular weight is 172 g/mol. The standard InChI is InChI=1S/C8H13FN2O/c1-2-3-11-5-6(9)4-7(11)8(10)12/h2,6-7H,1,3-5H2,(H2,10,12)/t6-,7+/m1/s1. The van der Waals surface area contributed by atoms with Crippen LogP contribution in [0.15, 0.2) is 12.7 Å². The van der Waals surface area contributed by atoms with E-state index in [-0.39, 0.29) is 6.42 Å². The number of primary amides is 1. The molecule has 0 aromatic rings. The highest BCUT2D eigenvalue weighted by atomic mass is 19.1. The van der Waals surface area contributed by atoms with E-state index in [1.54, 1.807) is 11.0 Å². The van der Waals surface area contributed by atoms with Gasteiger partial charge in [-0.2, -0.15) is 0 Å². The molecule has 2 atom stereocenters. The van der Waals surface area contributed by atoms with Gasteiger partial charge in [-0.1, -0.05) is 6.08 Å². The number of hydrogen-bond donors (Lipinski definition) is 1. The number of nitrogens with two attached hydrogens (primary N) is 1. The molecule has 3 nitrogen and oxygen atoms in total. The van der Waals surface area contributed by atoms with E-state index in [2.05, 4.69) is 6.58 Å². The second kappa shape index (κ2) is 3.67. The smallest absolute Gasteiger partial charge is 0.234 e. The molecular weight excluding hydrogens is 159 g/mol. The summed E-state index contributed by atoms with van der Waals surface area (Å²) in [5.74, 6) is -0.447. The first-order valence-corrected chi connectivity index (χ1v) is 3.93. The Hall–Kier alpha value is -0.900. The zero-order valence-electron chi connectivity index (χ0n) is 6.87. The van der Waals surface area contributed by atoms with Crippen molar-refractivity contribution >= 4 is 5.91 Å². The monoisotopic (exact) mass is 172 g/mol. The molecule has 1 rings (SSSR count). The van der Waals surface area contributed by atoms with Crippen LogP contribution in [-0.4, -0.2) is 36.1 Å². The summed E-state index contributed by atoms with van der Waals surface area (Å²) in [4.78, 5) is 12.5. The summed E-state index contributed by atoms with van der Waals surface area (Å²) < 4.78 is 12.8. The number of carbonyl (C=O) groups excluding carboxylic acids is 1. The van der Waals surface area contributed by atoms with Crippen molar-refractivity contribution in [3.8, 4) is 0 Å². The molecule has 0 radical (unpaired) electrons. The molecule has 0 spiro atoms. The van der Waals surface area contributed by atoms with E-state index in [1.807, 2.05) is 0 Å². The molecule has 2 N–H and O–H groups in total. The van der Waals surface area contributed by atoms with Crippen molar-refractivity contribution in [2.24, 2.45) is 5.73 Å². The quantitative estimate of drug-likeness (QED) is 0.612. The second-order valence-corrected chi connectivity index (χ2v) is 2.99. The summed E-state index contributed by atoms with van der Waals surface area (Å²) in [6.45, 7) is 4.34. The first-order valence-electron chi connectivity index (χ1n) is 3.93. The van der Waals surface area contributed by atoms with Gasteiger partial charge in [-0.3, -0.25) is 9.69 Å². The maximum atomic E-state index is 12.8. The maximum Gasteiger partial charge on any atom is 0.234 e. The fraction of sp³-hybridized carbons (Fsp3) is 0.625. The minimum Gasteiger partial charge on any atom is -0.368 e. The van der Waals surface area contributed by atoms with Crippen molar-refractivity contribution in [2.45, 2.75) is 18.6 Å². The van der Waals surface area contributed by atoms with E-state index in [4.69, 9.17) is 5.73 Å². The van der Waals surface area contributed by atoms with Gasteiger partial charge in [0.25, 0.3) is 0 Å². The van der Waals surface area contributed by atoms with Crippen molar-refractivity contribution in [1.82, 2.24) is 4.90 Å². The largest absolute Gasteiger partial charge is 0.368 e. The molecule has 0 saturated carbocycles. The predicted molar refractivity (Wildman–Crippen MR) is 44.3 cm³/mol. The Morgan fingerprint density at radius 3 is 3.00 bits per heavy atom. The lowest BCUT2D eigenvalue weighted by molar-refractivity contribution is -0.122. The Bertz CT molecular complexity index is 195. The van der Waals surface area contributed by atoms with Crippen molar-refractivity contribution in [2.75, 3.05) is 13.1 Å². The van der Waals surface area contributed by atoms with Crippen LogP contribution in [0.2, 0.25) is 0 Å². The van der Waals surface area contributed by atoms with Crippen LogP contribution in [-0.2, 0) is 4.79 Å². The van der Waals surface area contributed by atoms with Crippen LogP contribution in [0, 0.1) is 0 Å². The number of carbonyl (C=O) groups is 1. The second-order valence-electron chi connectivity index (χ2n) is 2.99. The zero-order valence-corrected chi connectivity index (χ0v) is 6.87. The van der Waals surface area contributed by atoms with Crippen LogP contribution in [0.1, 0.15) is 6.42 Å². The van der Waals surface area contributed by atoms with Gasteiger partial charge in [0.1, 0.15) is 6.17 Å². The Morgan fingerprint density at radius 1 is 1.83 bits per heavy atom. The van der Waals surface area contributed by atoms with Gasteiger partial charge in [-0.25, -0.2) is 4.39 Å². The number of halogens is 1. The van der Waals surface area contributed by atoms with E-state index in [0.717, 1.165) is 0 Å². The summed E-state index contributed by atoms with van der Waals surface area (Å²) in [6.07, 6.45) is 0.944. The summed E-state index contributed by atoms with van der Waals surface area (Å²) in [5, 5.41) is 0. The minimum absolute atomic E-state index is 0.225. The topological polar surface area (TPSA) is 46.3 Å². The molecule has 1 aliphatic heterocycles. The highest BCUT2D eigenvalue weighted by molar-refractivity contribution is 5.80. The number of rotatable bonds is 3. The third kappa shape index (κ3) is 1.82. The van der Waals surface area contributed by atoms with Crippen LogP contribution in [0.3, 0.4) is 0 Å². The van der Waals surface area contributed by atoms with Crippen molar-refractivity contribution in [3.63, 3.8) is 0 Å². The van der Waals surface area contributed by atoms with Crippen LogP contribution in [0.4, 0.5) is 4.39 Å². The molecule has 0 unspecified atom stereocenters. The fourth-order valence-electron chi connectivity index (χ4n) is 1.51. The lowest BCUT2D eigenvalue weighted by atomic mass is 10.2. The first-order chi connectivity index (χ1) is 5.65. The van der Waals surface area contributed by atoms with Gasteiger partial charge in [-0.05, 0) is 0 Å². The van der Waals surface area contributed by atoms with Gasteiger partial charge in [0, 0.05) is 19.5 Å². The highest BCUT2D eigenvalue weighted by Crippen LogP contribution is 2.19. The van der Waals surface area contributed by atoms with Crippen LogP contribution >= 0.6 is 0 Å². The molecule has 68 valence electrons. The Labute approximate surface area is 71.0 Å². The Balaban J connectivity index is 2.58. The number of alkyl halides is 1. The summed E-state index contributed by atoms with van der Waals surface area (Å²) in [6, 6.07) is -0.446. The predicted octanol–water partition coefficient (Wildman–Crippen LogP) is 0.0701. The first kappa shape index (κ1) is 9.19. The molecule has 1 amide bonds. The summed E-state index contributed by atoms with van der Waals surface area (Å²) in [7, 11) is 0. The molecule has 12 heavy (non-hydrogen) atoms. The van der Waals surface area contributed by atoms with Gasteiger partial charge in [0.05, 0.1) is 6.04 Å². The van der Waals surface area contributed by atoms with Gasteiger partial charge in [0.15, 0.2) is 0 Å².